The number of tetrazole rings is 1. The summed E-state index contributed by atoms with van der Waals surface area (Å²) in [5, 5.41) is 25.2. The Hall–Kier alpha value is -3.91. The van der Waals surface area contributed by atoms with Gasteiger partial charge < -0.3 is 5.21 Å². The van der Waals surface area contributed by atoms with Crippen LogP contribution in [0, 0.1) is 11.0 Å². The van der Waals surface area contributed by atoms with Crippen molar-refractivity contribution in [3.8, 4) is 16.8 Å². The molecule has 34 heavy (non-hydrogen) atoms. The number of aliphatic imine (C=N–C) groups is 1. The number of hydrogen-bond donors (Lipinski definition) is 0. The van der Waals surface area contributed by atoms with Gasteiger partial charge in [-0.3, -0.25) is 4.99 Å². The van der Waals surface area contributed by atoms with Crippen molar-refractivity contribution in [1.29, 1.82) is 0 Å². The predicted octanol–water partition coefficient (Wildman–Crippen LogP) is 4.67. The second-order valence-corrected chi connectivity index (χ2v) is 8.87. The lowest BCUT2D eigenvalue weighted by Gasteiger charge is -2.15. The highest BCUT2D eigenvalue weighted by Gasteiger charge is 2.36. The van der Waals surface area contributed by atoms with E-state index in [1.807, 2.05) is 24.3 Å². The number of allylic oxidation sites excluding steroid dienone is 1. The standard InChI is InChI=1S/C25H18ClFN6O/c26-19-5-7-24(32-14-29-30-31-32)22(11-19)18-8-16-4-6-21(25(16)33(34)13-18)23-10-17(12-28-23)15-2-1-3-20(27)9-15/h1-3,5,7-9,11-14,21H,4,6,10H2. The SMILES string of the molecule is [O-][n+]1cc(-c2cc(Cl)ccc2-n2cnnn2)cc2c1C(C1=NC=C(c3cccc(F)c3)C1)CC2. The highest BCUT2D eigenvalue weighted by atomic mass is 35.5. The van der Waals surface area contributed by atoms with Gasteiger partial charge in [0.2, 0.25) is 5.69 Å². The van der Waals surface area contributed by atoms with Crippen LogP contribution in [0.2, 0.25) is 5.02 Å². The van der Waals surface area contributed by atoms with Gasteiger partial charge in [-0.05, 0) is 70.8 Å². The summed E-state index contributed by atoms with van der Waals surface area (Å²) in [6.45, 7) is 0. The van der Waals surface area contributed by atoms with Gasteiger partial charge in [0.15, 0.2) is 6.20 Å². The number of aryl methyl sites for hydroxylation is 1. The van der Waals surface area contributed by atoms with Crippen molar-refractivity contribution in [3.05, 3.63) is 100 Å². The average Bonchev–Trinajstić information content (AvgIpc) is 3.59. The lowest BCUT2D eigenvalue weighted by Crippen LogP contribution is -2.34. The van der Waals surface area contributed by atoms with Crippen molar-refractivity contribution in [3.63, 3.8) is 0 Å². The third kappa shape index (κ3) is 3.56. The fraction of sp³-hybridized carbons (Fsp3) is 0.160. The third-order valence-corrected chi connectivity index (χ3v) is 6.64. The Morgan fingerprint density at radius 3 is 2.85 bits per heavy atom. The molecule has 1 aliphatic carbocycles. The van der Waals surface area contributed by atoms with Crippen LogP contribution in [0.25, 0.3) is 22.4 Å². The summed E-state index contributed by atoms with van der Waals surface area (Å²) in [5.41, 5.74) is 6.67. The van der Waals surface area contributed by atoms with Crippen molar-refractivity contribution >= 4 is 22.9 Å². The van der Waals surface area contributed by atoms with Gasteiger partial charge in [-0.15, -0.1) is 5.10 Å². The van der Waals surface area contributed by atoms with Crippen molar-refractivity contribution in [2.75, 3.05) is 0 Å². The fourth-order valence-corrected chi connectivity index (χ4v) is 5.03. The van der Waals surface area contributed by atoms with E-state index < -0.39 is 0 Å². The van der Waals surface area contributed by atoms with Crippen molar-refractivity contribution < 1.29 is 9.12 Å². The minimum Gasteiger partial charge on any atom is -0.618 e. The highest BCUT2D eigenvalue weighted by Crippen LogP contribution is 2.39. The molecule has 2 aromatic heterocycles. The number of pyridine rings is 1. The van der Waals surface area contributed by atoms with E-state index in [4.69, 9.17) is 11.6 Å². The molecule has 0 saturated heterocycles. The predicted molar refractivity (Wildman–Crippen MR) is 126 cm³/mol. The van der Waals surface area contributed by atoms with Crippen LogP contribution in [0.4, 0.5) is 4.39 Å². The van der Waals surface area contributed by atoms with Crippen LogP contribution < -0.4 is 4.73 Å². The molecule has 168 valence electrons. The molecular formula is C25H18ClFN6O. The molecule has 0 spiro atoms. The number of hydrogen-bond acceptors (Lipinski definition) is 5. The summed E-state index contributed by atoms with van der Waals surface area (Å²) in [6.07, 6.45) is 7.05. The first-order valence-corrected chi connectivity index (χ1v) is 11.3. The Kier molecular flexibility index (Phi) is 4.95. The summed E-state index contributed by atoms with van der Waals surface area (Å²) in [7, 11) is 0. The van der Waals surface area contributed by atoms with E-state index in [0.29, 0.717) is 11.4 Å². The minimum absolute atomic E-state index is 0.0674. The van der Waals surface area contributed by atoms with Crippen LogP contribution in [-0.4, -0.2) is 25.9 Å². The number of rotatable bonds is 4. The molecule has 9 heteroatoms. The molecule has 7 nitrogen and oxygen atoms in total. The Bertz CT molecular complexity index is 1480. The summed E-state index contributed by atoms with van der Waals surface area (Å²) >= 11 is 6.28. The molecule has 2 aliphatic rings. The van der Waals surface area contributed by atoms with E-state index in [2.05, 4.69) is 20.5 Å². The van der Waals surface area contributed by atoms with Gasteiger partial charge in [-0.2, -0.15) is 9.41 Å². The summed E-state index contributed by atoms with van der Waals surface area (Å²) in [4.78, 5) is 4.62. The van der Waals surface area contributed by atoms with Gasteiger partial charge in [-0.1, -0.05) is 23.7 Å². The smallest absolute Gasteiger partial charge is 0.204 e. The normalized spacial score (nSPS) is 16.9. The van der Waals surface area contributed by atoms with E-state index in [0.717, 1.165) is 62.5 Å². The molecule has 0 fully saturated rings. The molecule has 0 radical (unpaired) electrons. The molecule has 1 unspecified atom stereocenters. The van der Waals surface area contributed by atoms with Gasteiger partial charge in [0.05, 0.1) is 11.6 Å². The van der Waals surface area contributed by atoms with Crippen molar-refractivity contribution in [1.82, 2.24) is 20.2 Å². The molecule has 3 heterocycles. The Labute approximate surface area is 199 Å². The van der Waals surface area contributed by atoms with Crippen LogP contribution in [0.15, 0.2) is 72.2 Å². The van der Waals surface area contributed by atoms with Gasteiger partial charge in [-0.25, -0.2) is 4.39 Å². The number of halogens is 2. The Balaban J connectivity index is 1.33. The quantitative estimate of drug-likeness (QED) is 0.319. The number of nitrogens with zero attached hydrogens (tertiary/aromatic N) is 6. The molecule has 0 amide bonds. The van der Waals surface area contributed by atoms with Crippen LogP contribution in [0.3, 0.4) is 0 Å². The molecule has 1 aliphatic heterocycles. The van der Waals surface area contributed by atoms with Crippen LogP contribution >= 0.6 is 11.6 Å². The molecule has 1 atom stereocenters. The monoisotopic (exact) mass is 472 g/mol. The maximum absolute atomic E-state index is 13.7. The number of aromatic nitrogens is 5. The van der Waals surface area contributed by atoms with Gasteiger partial charge in [0.1, 0.15) is 12.1 Å². The maximum Gasteiger partial charge on any atom is 0.204 e. The van der Waals surface area contributed by atoms with E-state index in [9.17, 15) is 9.60 Å². The molecule has 0 saturated carbocycles. The summed E-state index contributed by atoms with van der Waals surface area (Å²) in [6, 6.07) is 14.0. The van der Waals surface area contributed by atoms with Gasteiger partial charge >= 0.3 is 0 Å². The topological polar surface area (TPSA) is 82.9 Å². The number of benzene rings is 2. The van der Waals surface area contributed by atoms with Crippen LogP contribution in [0.5, 0.6) is 0 Å². The summed E-state index contributed by atoms with van der Waals surface area (Å²) < 4.78 is 16.2. The average molecular weight is 473 g/mol. The minimum atomic E-state index is -0.273. The first kappa shape index (κ1) is 20.7. The number of fused-ring (bicyclic) bond motifs is 1. The highest BCUT2D eigenvalue weighted by molar-refractivity contribution is 6.31. The maximum atomic E-state index is 13.7. The lowest BCUT2D eigenvalue weighted by molar-refractivity contribution is -0.613. The molecule has 4 aromatic rings. The van der Waals surface area contributed by atoms with Gasteiger partial charge in [0, 0.05) is 40.0 Å². The zero-order valence-electron chi connectivity index (χ0n) is 17.9. The Morgan fingerprint density at radius 1 is 1.12 bits per heavy atom. The van der Waals surface area contributed by atoms with Crippen LogP contribution in [0.1, 0.15) is 35.6 Å². The first-order chi connectivity index (χ1) is 16.6. The van der Waals surface area contributed by atoms with Gasteiger partial charge in [0.25, 0.3) is 0 Å². The first-order valence-electron chi connectivity index (χ1n) is 10.9. The lowest BCUT2D eigenvalue weighted by atomic mass is 9.93. The van der Waals surface area contributed by atoms with Crippen LogP contribution in [-0.2, 0) is 6.42 Å². The van der Waals surface area contributed by atoms with Crippen molar-refractivity contribution in [2.45, 2.75) is 25.2 Å². The molecule has 0 bridgehead atoms. The van der Waals surface area contributed by atoms with E-state index in [1.54, 1.807) is 29.2 Å². The molecule has 6 rings (SSSR count). The van der Waals surface area contributed by atoms with Crippen molar-refractivity contribution in [2.24, 2.45) is 4.99 Å². The molecule has 2 aromatic carbocycles. The molecular weight excluding hydrogens is 455 g/mol. The Morgan fingerprint density at radius 2 is 2.03 bits per heavy atom. The zero-order valence-corrected chi connectivity index (χ0v) is 18.7. The van der Waals surface area contributed by atoms with E-state index in [-0.39, 0.29) is 11.7 Å². The zero-order chi connectivity index (χ0) is 23.2. The second-order valence-electron chi connectivity index (χ2n) is 8.43. The third-order valence-electron chi connectivity index (χ3n) is 6.41. The largest absolute Gasteiger partial charge is 0.618 e. The molecule has 0 N–H and O–H groups in total. The van der Waals surface area contributed by atoms with E-state index in [1.165, 1.54) is 18.5 Å². The second kappa shape index (κ2) is 8.14. The summed E-state index contributed by atoms with van der Waals surface area (Å²) in [5.74, 6) is -0.341. The fourth-order valence-electron chi connectivity index (χ4n) is 4.86. The van der Waals surface area contributed by atoms with E-state index >= 15 is 0 Å².